The molecular formula is C15H22N2O3S. The Kier molecular flexibility index (Phi) is 5.13. The topological polar surface area (TPSA) is 57.7 Å². The molecule has 6 heteroatoms. The summed E-state index contributed by atoms with van der Waals surface area (Å²) < 4.78 is 26.4. The number of nitrogens with zero attached hydrogens (tertiary/aromatic N) is 2. The average Bonchev–Trinajstić information content (AvgIpc) is 2.38. The molecule has 0 atom stereocenters. The van der Waals surface area contributed by atoms with Crippen LogP contribution in [-0.2, 0) is 20.6 Å². The van der Waals surface area contributed by atoms with Crippen molar-refractivity contribution in [1.29, 1.82) is 0 Å². The predicted molar refractivity (Wildman–Crippen MR) is 82.5 cm³/mol. The third-order valence-corrected chi connectivity index (χ3v) is 5.45. The highest BCUT2D eigenvalue weighted by molar-refractivity contribution is 7.88. The molecule has 1 fully saturated rings. The van der Waals surface area contributed by atoms with Crippen LogP contribution in [0, 0.1) is 6.92 Å². The lowest BCUT2D eigenvalue weighted by Crippen LogP contribution is -2.49. The number of sulfonamides is 1. The summed E-state index contributed by atoms with van der Waals surface area (Å²) >= 11 is 0. The lowest BCUT2D eigenvalue weighted by atomic mass is 10.2. The van der Waals surface area contributed by atoms with Gasteiger partial charge in [0.05, 0.1) is 12.3 Å². The van der Waals surface area contributed by atoms with E-state index in [9.17, 15) is 13.2 Å². The van der Waals surface area contributed by atoms with Gasteiger partial charge in [0, 0.05) is 26.2 Å². The van der Waals surface area contributed by atoms with Crippen LogP contribution in [0.1, 0.15) is 18.1 Å². The second-order valence-electron chi connectivity index (χ2n) is 5.62. The summed E-state index contributed by atoms with van der Waals surface area (Å²) in [5.74, 6) is 0.160. The molecule has 0 aliphatic carbocycles. The van der Waals surface area contributed by atoms with Crippen molar-refractivity contribution in [2.75, 3.05) is 32.7 Å². The van der Waals surface area contributed by atoms with Crippen LogP contribution in [0.5, 0.6) is 0 Å². The smallest absolute Gasteiger partial charge is 0.218 e. The summed E-state index contributed by atoms with van der Waals surface area (Å²) in [6.45, 7) is 6.07. The second-order valence-corrected chi connectivity index (χ2v) is 7.59. The molecule has 21 heavy (non-hydrogen) atoms. The van der Waals surface area contributed by atoms with Crippen molar-refractivity contribution < 1.29 is 13.2 Å². The summed E-state index contributed by atoms with van der Waals surface area (Å²) in [5.41, 5.74) is 1.88. The minimum atomic E-state index is -3.28. The third-order valence-electron chi connectivity index (χ3n) is 3.60. The zero-order valence-corrected chi connectivity index (χ0v) is 13.4. The van der Waals surface area contributed by atoms with Gasteiger partial charge in [0.25, 0.3) is 0 Å². The summed E-state index contributed by atoms with van der Waals surface area (Å²) in [4.78, 5) is 13.1. The van der Waals surface area contributed by atoms with Gasteiger partial charge in [-0.25, -0.2) is 8.42 Å². The van der Waals surface area contributed by atoms with Gasteiger partial charge >= 0.3 is 0 Å². The van der Waals surface area contributed by atoms with Crippen LogP contribution in [-0.4, -0.2) is 56.1 Å². The van der Waals surface area contributed by atoms with Gasteiger partial charge in [-0.15, -0.1) is 0 Å². The monoisotopic (exact) mass is 310 g/mol. The number of hydrogen-bond acceptors (Lipinski definition) is 4. The Labute approximate surface area is 126 Å². The maximum atomic E-state index is 12.4. The van der Waals surface area contributed by atoms with Crippen molar-refractivity contribution in [3.8, 4) is 0 Å². The zero-order valence-electron chi connectivity index (χ0n) is 12.6. The first-order valence-electron chi connectivity index (χ1n) is 7.12. The minimum Gasteiger partial charge on any atom is -0.299 e. The molecule has 116 valence electrons. The van der Waals surface area contributed by atoms with E-state index >= 15 is 0 Å². The fourth-order valence-electron chi connectivity index (χ4n) is 2.58. The van der Waals surface area contributed by atoms with Crippen molar-refractivity contribution in [1.82, 2.24) is 9.21 Å². The molecule has 1 aromatic rings. The molecule has 0 N–H and O–H groups in total. The van der Waals surface area contributed by atoms with Gasteiger partial charge in [0.1, 0.15) is 5.78 Å². The van der Waals surface area contributed by atoms with Crippen LogP contribution in [0.15, 0.2) is 24.3 Å². The Bertz CT molecular complexity index is 605. The molecule has 1 heterocycles. The van der Waals surface area contributed by atoms with E-state index in [1.807, 2.05) is 36.1 Å². The molecular weight excluding hydrogens is 288 g/mol. The Morgan fingerprint density at radius 2 is 1.86 bits per heavy atom. The highest BCUT2D eigenvalue weighted by Gasteiger charge is 2.27. The van der Waals surface area contributed by atoms with Gasteiger partial charge < -0.3 is 0 Å². The molecule has 1 aliphatic rings. The maximum absolute atomic E-state index is 12.4. The number of piperazine rings is 1. The van der Waals surface area contributed by atoms with Crippen LogP contribution in [0.4, 0.5) is 0 Å². The number of hydrogen-bond donors (Lipinski definition) is 0. The molecule has 0 aromatic heterocycles. The zero-order chi connectivity index (χ0) is 15.5. The Balaban J connectivity index is 1.97. The summed E-state index contributed by atoms with van der Waals surface area (Å²) in [6, 6.07) is 7.59. The van der Waals surface area contributed by atoms with Gasteiger partial charge in [-0.3, -0.25) is 9.69 Å². The Hall–Kier alpha value is -1.24. The molecule has 0 unspecified atom stereocenters. The van der Waals surface area contributed by atoms with Gasteiger partial charge in [-0.2, -0.15) is 4.31 Å². The molecule has 0 bridgehead atoms. The van der Waals surface area contributed by atoms with Crippen LogP contribution in [0.3, 0.4) is 0 Å². The van der Waals surface area contributed by atoms with E-state index < -0.39 is 10.0 Å². The molecule has 0 amide bonds. The van der Waals surface area contributed by atoms with E-state index in [0.717, 1.165) is 11.1 Å². The highest BCUT2D eigenvalue weighted by atomic mass is 32.2. The quantitative estimate of drug-likeness (QED) is 0.815. The van der Waals surface area contributed by atoms with E-state index in [1.165, 1.54) is 4.31 Å². The third kappa shape index (κ3) is 4.62. The summed E-state index contributed by atoms with van der Waals surface area (Å²) in [5, 5.41) is 0. The predicted octanol–water partition coefficient (Wildman–Crippen LogP) is 1.03. The SMILES string of the molecule is CC(=O)CN1CCN(S(=O)(=O)Cc2cccc(C)c2)CC1. The van der Waals surface area contributed by atoms with Gasteiger partial charge in [-0.1, -0.05) is 29.8 Å². The first kappa shape index (κ1) is 16.1. The maximum Gasteiger partial charge on any atom is 0.218 e. The van der Waals surface area contributed by atoms with E-state index in [4.69, 9.17) is 0 Å². The van der Waals surface area contributed by atoms with Crippen molar-refractivity contribution in [3.05, 3.63) is 35.4 Å². The number of carbonyl (C=O) groups excluding carboxylic acids is 1. The van der Waals surface area contributed by atoms with Crippen LogP contribution < -0.4 is 0 Å². The molecule has 2 rings (SSSR count). The van der Waals surface area contributed by atoms with Gasteiger partial charge in [0.15, 0.2) is 0 Å². The van der Waals surface area contributed by atoms with Crippen molar-refractivity contribution in [3.63, 3.8) is 0 Å². The molecule has 1 aromatic carbocycles. The highest BCUT2D eigenvalue weighted by Crippen LogP contribution is 2.14. The second kappa shape index (κ2) is 6.68. The van der Waals surface area contributed by atoms with Gasteiger partial charge in [-0.05, 0) is 19.4 Å². The van der Waals surface area contributed by atoms with Gasteiger partial charge in [0.2, 0.25) is 10.0 Å². The lowest BCUT2D eigenvalue weighted by molar-refractivity contribution is -0.118. The fraction of sp³-hybridized carbons (Fsp3) is 0.533. The minimum absolute atomic E-state index is 0.0430. The number of aryl methyl sites for hydroxylation is 1. The van der Waals surface area contributed by atoms with Crippen LogP contribution in [0.25, 0.3) is 0 Å². The molecule has 1 saturated heterocycles. The average molecular weight is 310 g/mol. The largest absolute Gasteiger partial charge is 0.299 e. The number of ketones is 1. The number of rotatable bonds is 5. The lowest BCUT2D eigenvalue weighted by Gasteiger charge is -2.33. The standard InChI is InChI=1S/C15H22N2O3S/c1-13-4-3-5-15(10-13)12-21(19,20)17-8-6-16(7-9-17)11-14(2)18/h3-5,10H,6-9,11-12H2,1-2H3. The first-order valence-corrected chi connectivity index (χ1v) is 8.73. The number of Topliss-reactive ketones (excluding diaryl/α,β-unsaturated/α-hetero) is 1. The fourth-order valence-corrected chi connectivity index (χ4v) is 4.09. The molecule has 1 aliphatic heterocycles. The molecule has 0 radical (unpaired) electrons. The number of benzene rings is 1. The first-order chi connectivity index (χ1) is 9.87. The van der Waals surface area contributed by atoms with Crippen molar-refractivity contribution in [2.24, 2.45) is 0 Å². The van der Waals surface area contributed by atoms with Crippen LogP contribution in [0.2, 0.25) is 0 Å². The van der Waals surface area contributed by atoms with Crippen molar-refractivity contribution in [2.45, 2.75) is 19.6 Å². The summed E-state index contributed by atoms with van der Waals surface area (Å²) in [7, 11) is -3.28. The number of carbonyl (C=O) groups is 1. The van der Waals surface area contributed by atoms with Crippen molar-refractivity contribution >= 4 is 15.8 Å². The molecule has 0 spiro atoms. The van der Waals surface area contributed by atoms with E-state index in [-0.39, 0.29) is 11.5 Å². The van der Waals surface area contributed by atoms with E-state index in [0.29, 0.717) is 32.7 Å². The normalized spacial score (nSPS) is 17.8. The van der Waals surface area contributed by atoms with E-state index in [2.05, 4.69) is 0 Å². The summed E-state index contributed by atoms with van der Waals surface area (Å²) in [6.07, 6.45) is 0. The van der Waals surface area contributed by atoms with E-state index in [1.54, 1.807) is 6.92 Å². The molecule has 0 saturated carbocycles. The molecule has 5 nitrogen and oxygen atoms in total. The van der Waals surface area contributed by atoms with Crippen LogP contribution >= 0.6 is 0 Å². The Morgan fingerprint density at radius 1 is 1.19 bits per heavy atom. The Morgan fingerprint density at radius 3 is 2.43 bits per heavy atom.